The van der Waals surface area contributed by atoms with Crippen molar-refractivity contribution in [2.75, 3.05) is 13.1 Å². The molecule has 1 aliphatic carbocycles. The summed E-state index contributed by atoms with van der Waals surface area (Å²) in [6.07, 6.45) is 12.1. The summed E-state index contributed by atoms with van der Waals surface area (Å²) >= 11 is 0. The second-order valence-corrected chi connectivity index (χ2v) is 7.86. The number of imidazole rings is 1. The largest absolute Gasteiger partial charge is 0.342 e. The molecule has 0 spiro atoms. The maximum absolute atomic E-state index is 12.5. The van der Waals surface area contributed by atoms with Gasteiger partial charge in [-0.2, -0.15) is 0 Å². The first kappa shape index (κ1) is 17.3. The van der Waals surface area contributed by atoms with Gasteiger partial charge in [0.2, 0.25) is 5.91 Å². The summed E-state index contributed by atoms with van der Waals surface area (Å²) in [5.41, 5.74) is 2.28. The number of carbonyl (C=O) groups excluding carboxylic acids is 1. The van der Waals surface area contributed by atoms with Gasteiger partial charge in [-0.3, -0.25) is 9.78 Å². The van der Waals surface area contributed by atoms with Gasteiger partial charge in [0, 0.05) is 49.8 Å². The number of nitrogens with zero attached hydrogens (tertiary/aromatic N) is 4. The van der Waals surface area contributed by atoms with Crippen LogP contribution in [0.5, 0.6) is 0 Å². The van der Waals surface area contributed by atoms with Crippen molar-refractivity contribution in [3.8, 4) is 0 Å². The Kier molecular flexibility index (Phi) is 5.05. The number of amides is 1. The van der Waals surface area contributed by atoms with Gasteiger partial charge in [-0.25, -0.2) is 4.98 Å². The number of pyridine rings is 1. The fourth-order valence-electron chi connectivity index (χ4n) is 4.12. The van der Waals surface area contributed by atoms with Crippen molar-refractivity contribution in [1.82, 2.24) is 19.4 Å². The van der Waals surface area contributed by atoms with Crippen LogP contribution in [0.3, 0.4) is 0 Å². The topological polar surface area (TPSA) is 51.0 Å². The van der Waals surface area contributed by atoms with Crippen molar-refractivity contribution in [3.05, 3.63) is 47.8 Å². The van der Waals surface area contributed by atoms with Gasteiger partial charge in [0.05, 0.1) is 6.42 Å². The van der Waals surface area contributed by atoms with E-state index in [1.165, 1.54) is 30.8 Å². The second-order valence-electron chi connectivity index (χ2n) is 7.86. The van der Waals surface area contributed by atoms with Crippen molar-refractivity contribution < 1.29 is 4.79 Å². The van der Waals surface area contributed by atoms with E-state index < -0.39 is 0 Å². The number of piperidine rings is 1. The Morgan fingerprint density at radius 2 is 2.00 bits per heavy atom. The van der Waals surface area contributed by atoms with Crippen LogP contribution in [-0.4, -0.2) is 38.4 Å². The predicted molar refractivity (Wildman–Crippen MR) is 101 cm³/mol. The van der Waals surface area contributed by atoms with Crippen LogP contribution in [0, 0.1) is 12.8 Å². The number of hydrogen-bond donors (Lipinski definition) is 0. The first-order valence-corrected chi connectivity index (χ1v) is 9.89. The average molecular weight is 352 g/mol. The monoisotopic (exact) mass is 352 g/mol. The zero-order chi connectivity index (χ0) is 17.9. The summed E-state index contributed by atoms with van der Waals surface area (Å²) in [6, 6.07) is 3.86. The molecule has 4 rings (SSSR count). The highest BCUT2D eigenvalue weighted by Crippen LogP contribution is 2.36. The minimum atomic E-state index is 0.227. The molecule has 5 nitrogen and oxygen atoms in total. The molecule has 2 fully saturated rings. The molecule has 0 unspecified atom stereocenters. The van der Waals surface area contributed by atoms with Crippen LogP contribution in [0.4, 0.5) is 0 Å². The summed E-state index contributed by atoms with van der Waals surface area (Å²) in [6.45, 7) is 4.97. The van der Waals surface area contributed by atoms with Crippen LogP contribution in [0.1, 0.15) is 55.1 Å². The number of aromatic nitrogens is 3. The lowest BCUT2D eigenvalue weighted by Gasteiger charge is -2.33. The number of likely N-dealkylation sites (tertiary alicyclic amines) is 1. The van der Waals surface area contributed by atoms with Crippen LogP contribution in [0.2, 0.25) is 0 Å². The molecule has 0 atom stereocenters. The average Bonchev–Trinajstić information content (AvgIpc) is 2.96. The molecule has 2 aliphatic rings. The quantitative estimate of drug-likeness (QED) is 0.829. The third-order valence-corrected chi connectivity index (χ3v) is 6.04. The SMILES string of the molecule is Cc1cnc(C2CCC2)n1CC1CCN(C(=O)Cc2cccnc2)CC1. The van der Waals surface area contributed by atoms with Gasteiger partial charge in [0.25, 0.3) is 0 Å². The smallest absolute Gasteiger partial charge is 0.227 e. The lowest BCUT2D eigenvalue weighted by molar-refractivity contribution is -0.131. The molecule has 5 heteroatoms. The summed E-state index contributed by atoms with van der Waals surface area (Å²) in [5.74, 6) is 2.84. The van der Waals surface area contributed by atoms with Gasteiger partial charge < -0.3 is 9.47 Å². The Balaban J connectivity index is 1.31. The third kappa shape index (κ3) is 3.67. The molecule has 26 heavy (non-hydrogen) atoms. The fraction of sp³-hybridized carbons (Fsp3) is 0.571. The van der Waals surface area contributed by atoms with E-state index in [0.717, 1.165) is 38.0 Å². The van der Waals surface area contributed by atoms with E-state index in [0.29, 0.717) is 18.3 Å². The molecule has 1 amide bonds. The highest BCUT2D eigenvalue weighted by atomic mass is 16.2. The van der Waals surface area contributed by atoms with E-state index in [1.54, 1.807) is 12.4 Å². The predicted octanol–water partition coefficient (Wildman–Crippen LogP) is 3.34. The van der Waals surface area contributed by atoms with E-state index >= 15 is 0 Å². The van der Waals surface area contributed by atoms with E-state index in [9.17, 15) is 4.79 Å². The van der Waals surface area contributed by atoms with Gasteiger partial charge in [-0.1, -0.05) is 12.5 Å². The zero-order valence-corrected chi connectivity index (χ0v) is 15.6. The fourth-order valence-corrected chi connectivity index (χ4v) is 4.12. The zero-order valence-electron chi connectivity index (χ0n) is 15.6. The maximum atomic E-state index is 12.5. The summed E-state index contributed by atoms with van der Waals surface area (Å²) in [7, 11) is 0. The summed E-state index contributed by atoms with van der Waals surface area (Å²) < 4.78 is 2.45. The van der Waals surface area contributed by atoms with E-state index in [4.69, 9.17) is 0 Å². The normalized spacial score (nSPS) is 18.7. The first-order valence-electron chi connectivity index (χ1n) is 9.89. The van der Waals surface area contributed by atoms with Crippen LogP contribution in [0.15, 0.2) is 30.7 Å². The van der Waals surface area contributed by atoms with Crippen molar-refractivity contribution in [2.45, 2.75) is 57.9 Å². The van der Waals surface area contributed by atoms with Crippen molar-refractivity contribution >= 4 is 5.91 Å². The highest BCUT2D eigenvalue weighted by molar-refractivity contribution is 5.78. The molecule has 1 saturated heterocycles. The second kappa shape index (κ2) is 7.60. The molecular weight excluding hydrogens is 324 g/mol. The lowest BCUT2D eigenvalue weighted by Crippen LogP contribution is -2.40. The van der Waals surface area contributed by atoms with Crippen LogP contribution in [-0.2, 0) is 17.8 Å². The molecule has 0 bridgehead atoms. The van der Waals surface area contributed by atoms with Crippen LogP contribution in [0.25, 0.3) is 0 Å². The minimum absolute atomic E-state index is 0.227. The van der Waals surface area contributed by atoms with E-state index in [1.807, 2.05) is 23.2 Å². The van der Waals surface area contributed by atoms with Gasteiger partial charge >= 0.3 is 0 Å². The van der Waals surface area contributed by atoms with Gasteiger partial charge in [0.1, 0.15) is 5.82 Å². The first-order chi connectivity index (χ1) is 12.7. The lowest BCUT2D eigenvalue weighted by atomic mass is 9.84. The molecule has 0 N–H and O–H groups in total. The number of rotatable bonds is 5. The summed E-state index contributed by atoms with van der Waals surface area (Å²) in [5, 5.41) is 0. The van der Waals surface area contributed by atoms with Crippen molar-refractivity contribution in [1.29, 1.82) is 0 Å². The third-order valence-electron chi connectivity index (χ3n) is 6.04. The number of hydrogen-bond acceptors (Lipinski definition) is 3. The minimum Gasteiger partial charge on any atom is -0.342 e. The summed E-state index contributed by atoms with van der Waals surface area (Å²) in [4.78, 5) is 23.3. The molecule has 0 radical (unpaired) electrons. The number of aryl methyl sites for hydroxylation is 1. The molecule has 138 valence electrons. The Bertz CT molecular complexity index is 743. The molecule has 0 aromatic carbocycles. The standard InChI is InChI=1S/C21H28N4O/c1-16-13-23-21(19-5-2-6-19)25(16)15-17-7-10-24(11-8-17)20(26)12-18-4-3-9-22-14-18/h3-4,9,13-14,17,19H,2,5-8,10-12,15H2,1H3. The van der Waals surface area contributed by atoms with Gasteiger partial charge in [-0.15, -0.1) is 0 Å². The van der Waals surface area contributed by atoms with Crippen molar-refractivity contribution in [2.24, 2.45) is 5.92 Å². The van der Waals surface area contributed by atoms with Crippen LogP contribution >= 0.6 is 0 Å². The van der Waals surface area contributed by atoms with E-state index in [2.05, 4.69) is 21.5 Å². The van der Waals surface area contributed by atoms with E-state index in [-0.39, 0.29) is 5.91 Å². The number of carbonyl (C=O) groups is 1. The molecular formula is C21H28N4O. The maximum Gasteiger partial charge on any atom is 0.227 e. The molecule has 1 saturated carbocycles. The molecule has 1 aliphatic heterocycles. The molecule has 3 heterocycles. The van der Waals surface area contributed by atoms with Crippen LogP contribution < -0.4 is 0 Å². The molecule has 2 aromatic rings. The molecule has 2 aromatic heterocycles. The highest BCUT2D eigenvalue weighted by Gasteiger charge is 2.28. The Morgan fingerprint density at radius 3 is 2.65 bits per heavy atom. The Morgan fingerprint density at radius 1 is 1.19 bits per heavy atom. The van der Waals surface area contributed by atoms with Gasteiger partial charge in [0.15, 0.2) is 0 Å². The van der Waals surface area contributed by atoms with Crippen molar-refractivity contribution in [3.63, 3.8) is 0 Å². The van der Waals surface area contributed by atoms with Gasteiger partial charge in [-0.05, 0) is 50.2 Å². The Hall–Kier alpha value is -2.17. The Labute approximate surface area is 155 Å².